The number of rotatable bonds is 7. The van der Waals surface area contributed by atoms with Crippen molar-refractivity contribution in [2.45, 2.75) is 6.92 Å². The standard InChI is InChI=1S/C18H19ClN2O4/c1-3-25-15-7-5-4-6-13(15)18(23)20-11-17(22)21-12-8-9-16(24-2)14(19)10-12/h4-10H,3,11H2,1-2H3,(H,20,23)(H,21,22). The van der Waals surface area contributed by atoms with Gasteiger partial charge in [0.05, 0.1) is 30.8 Å². The molecule has 0 atom stereocenters. The van der Waals surface area contributed by atoms with Crippen LogP contribution in [0.15, 0.2) is 42.5 Å². The molecule has 0 saturated carbocycles. The van der Waals surface area contributed by atoms with Gasteiger partial charge in [-0.1, -0.05) is 23.7 Å². The summed E-state index contributed by atoms with van der Waals surface area (Å²) in [6, 6.07) is 11.7. The van der Waals surface area contributed by atoms with Crippen LogP contribution < -0.4 is 20.1 Å². The highest BCUT2D eigenvalue weighted by Crippen LogP contribution is 2.27. The Morgan fingerprint density at radius 2 is 1.88 bits per heavy atom. The molecule has 0 spiro atoms. The van der Waals surface area contributed by atoms with Crippen LogP contribution in [0.3, 0.4) is 0 Å². The molecule has 25 heavy (non-hydrogen) atoms. The molecular formula is C18H19ClN2O4. The Labute approximate surface area is 151 Å². The number of halogens is 1. The van der Waals surface area contributed by atoms with E-state index >= 15 is 0 Å². The number of benzene rings is 2. The quantitative estimate of drug-likeness (QED) is 0.793. The average molecular weight is 363 g/mol. The SMILES string of the molecule is CCOc1ccccc1C(=O)NCC(=O)Nc1ccc(OC)c(Cl)c1. The molecule has 0 bridgehead atoms. The summed E-state index contributed by atoms with van der Waals surface area (Å²) in [5.41, 5.74) is 0.893. The Bertz CT molecular complexity index is 764. The van der Waals surface area contributed by atoms with Crippen molar-refractivity contribution in [3.05, 3.63) is 53.1 Å². The molecule has 0 saturated heterocycles. The van der Waals surface area contributed by atoms with E-state index < -0.39 is 0 Å². The van der Waals surface area contributed by atoms with Gasteiger partial charge in [-0.2, -0.15) is 0 Å². The van der Waals surface area contributed by atoms with E-state index in [1.54, 1.807) is 42.5 Å². The second kappa shape index (κ2) is 8.94. The van der Waals surface area contributed by atoms with Crippen LogP contribution in [0.1, 0.15) is 17.3 Å². The molecule has 0 aliphatic heterocycles. The fourth-order valence-electron chi connectivity index (χ4n) is 2.14. The van der Waals surface area contributed by atoms with E-state index in [0.29, 0.717) is 34.4 Å². The zero-order chi connectivity index (χ0) is 18.2. The Hall–Kier alpha value is -2.73. The lowest BCUT2D eigenvalue weighted by atomic mass is 10.2. The normalized spacial score (nSPS) is 10.0. The van der Waals surface area contributed by atoms with Crippen molar-refractivity contribution in [2.24, 2.45) is 0 Å². The molecule has 2 aromatic carbocycles. The van der Waals surface area contributed by atoms with Crippen LogP contribution >= 0.6 is 11.6 Å². The highest BCUT2D eigenvalue weighted by molar-refractivity contribution is 6.32. The molecular weight excluding hydrogens is 344 g/mol. The second-order valence-corrected chi connectivity index (χ2v) is 5.42. The van der Waals surface area contributed by atoms with Crippen LogP contribution in [-0.4, -0.2) is 32.1 Å². The minimum absolute atomic E-state index is 0.178. The van der Waals surface area contributed by atoms with Gasteiger partial charge in [0, 0.05) is 5.69 Å². The van der Waals surface area contributed by atoms with E-state index in [9.17, 15) is 9.59 Å². The number of anilines is 1. The van der Waals surface area contributed by atoms with Crippen LogP contribution in [0.4, 0.5) is 5.69 Å². The van der Waals surface area contributed by atoms with Crippen molar-refractivity contribution in [3.8, 4) is 11.5 Å². The van der Waals surface area contributed by atoms with E-state index in [0.717, 1.165) is 0 Å². The van der Waals surface area contributed by atoms with Gasteiger partial charge >= 0.3 is 0 Å². The number of nitrogens with one attached hydrogen (secondary N) is 2. The summed E-state index contributed by atoms with van der Waals surface area (Å²) in [6.07, 6.45) is 0. The summed E-state index contributed by atoms with van der Waals surface area (Å²) >= 11 is 6.01. The highest BCUT2D eigenvalue weighted by Gasteiger charge is 2.13. The molecule has 132 valence electrons. The van der Waals surface area contributed by atoms with Gasteiger partial charge in [0.25, 0.3) is 5.91 Å². The third-order valence-electron chi connectivity index (χ3n) is 3.28. The third kappa shape index (κ3) is 5.12. The number of methoxy groups -OCH3 is 1. The number of carbonyl (C=O) groups is 2. The topological polar surface area (TPSA) is 76.7 Å². The first-order valence-electron chi connectivity index (χ1n) is 7.68. The number of amides is 2. The average Bonchev–Trinajstić information content (AvgIpc) is 2.60. The first-order valence-corrected chi connectivity index (χ1v) is 8.06. The first-order chi connectivity index (χ1) is 12.0. The number of carbonyl (C=O) groups excluding carboxylic acids is 2. The molecule has 0 aliphatic rings. The largest absolute Gasteiger partial charge is 0.495 e. The van der Waals surface area contributed by atoms with Gasteiger partial charge in [-0.05, 0) is 37.3 Å². The lowest BCUT2D eigenvalue weighted by Crippen LogP contribution is -2.33. The molecule has 2 amide bonds. The molecule has 2 N–H and O–H groups in total. The van der Waals surface area contributed by atoms with E-state index in [1.807, 2.05) is 6.92 Å². The molecule has 0 unspecified atom stereocenters. The molecule has 0 aliphatic carbocycles. The second-order valence-electron chi connectivity index (χ2n) is 5.01. The molecule has 0 radical (unpaired) electrons. The van der Waals surface area contributed by atoms with Crippen molar-refractivity contribution < 1.29 is 19.1 Å². The fourth-order valence-corrected chi connectivity index (χ4v) is 2.40. The minimum atomic E-state index is -0.382. The number of ether oxygens (including phenoxy) is 2. The van der Waals surface area contributed by atoms with Gasteiger partial charge in [-0.15, -0.1) is 0 Å². The Kier molecular flexibility index (Phi) is 6.65. The Morgan fingerprint density at radius 1 is 1.12 bits per heavy atom. The predicted molar refractivity (Wildman–Crippen MR) is 96.6 cm³/mol. The van der Waals surface area contributed by atoms with Crippen LogP contribution in [0.5, 0.6) is 11.5 Å². The molecule has 0 fully saturated rings. The monoisotopic (exact) mass is 362 g/mol. The van der Waals surface area contributed by atoms with Crippen molar-refractivity contribution in [2.75, 3.05) is 25.6 Å². The summed E-state index contributed by atoms with van der Waals surface area (Å²) in [6.45, 7) is 2.11. The van der Waals surface area contributed by atoms with Gasteiger partial charge in [0.15, 0.2) is 0 Å². The smallest absolute Gasteiger partial charge is 0.255 e. The van der Waals surface area contributed by atoms with E-state index in [1.165, 1.54) is 7.11 Å². The maximum atomic E-state index is 12.2. The number of hydrogen-bond donors (Lipinski definition) is 2. The summed E-state index contributed by atoms with van der Waals surface area (Å²) in [4.78, 5) is 24.2. The van der Waals surface area contributed by atoms with Crippen molar-refractivity contribution in [3.63, 3.8) is 0 Å². The minimum Gasteiger partial charge on any atom is -0.495 e. The Balaban J connectivity index is 1.93. The highest BCUT2D eigenvalue weighted by atomic mass is 35.5. The van der Waals surface area contributed by atoms with Gasteiger partial charge in [0.1, 0.15) is 11.5 Å². The Morgan fingerprint density at radius 3 is 2.56 bits per heavy atom. The zero-order valence-corrected chi connectivity index (χ0v) is 14.7. The summed E-state index contributed by atoms with van der Waals surface area (Å²) in [5, 5.41) is 5.61. The predicted octanol–water partition coefficient (Wildman–Crippen LogP) is 3.12. The van der Waals surface area contributed by atoms with E-state index in [4.69, 9.17) is 21.1 Å². The lowest BCUT2D eigenvalue weighted by Gasteiger charge is -2.11. The molecule has 6 nitrogen and oxygen atoms in total. The van der Waals surface area contributed by atoms with Crippen molar-refractivity contribution in [1.82, 2.24) is 5.32 Å². The van der Waals surface area contributed by atoms with E-state index in [-0.39, 0.29) is 18.4 Å². The van der Waals surface area contributed by atoms with Crippen LogP contribution in [-0.2, 0) is 4.79 Å². The molecule has 0 aromatic heterocycles. The zero-order valence-electron chi connectivity index (χ0n) is 14.0. The summed E-state index contributed by atoms with van der Waals surface area (Å²) in [7, 11) is 1.51. The van der Waals surface area contributed by atoms with Gasteiger partial charge in [-0.3, -0.25) is 9.59 Å². The first kappa shape index (κ1) is 18.6. The van der Waals surface area contributed by atoms with Crippen molar-refractivity contribution in [1.29, 1.82) is 0 Å². The summed E-state index contributed by atoms with van der Waals surface area (Å²) < 4.78 is 10.5. The third-order valence-corrected chi connectivity index (χ3v) is 3.57. The van der Waals surface area contributed by atoms with Gasteiger partial charge < -0.3 is 20.1 Å². The van der Waals surface area contributed by atoms with Crippen LogP contribution in [0, 0.1) is 0 Å². The molecule has 2 rings (SSSR count). The molecule has 7 heteroatoms. The van der Waals surface area contributed by atoms with Crippen molar-refractivity contribution >= 4 is 29.1 Å². The lowest BCUT2D eigenvalue weighted by molar-refractivity contribution is -0.115. The fraction of sp³-hybridized carbons (Fsp3) is 0.222. The molecule has 0 heterocycles. The van der Waals surface area contributed by atoms with Crippen LogP contribution in [0.2, 0.25) is 5.02 Å². The maximum Gasteiger partial charge on any atom is 0.255 e. The maximum absolute atomic E-state index is 12.2. The number of hydrogen-bond acceptors (Lipinski definition) is 4. The van der Waals surface area contributed by atoms with E-state index in [2.05, 4.69) is 10.6 Å². The number of para-hydroxylation sites is 1. The van der Waals surface area contributed by atoms with Gasteiger partial charge in [-0.25, -0.2) is 0 Å². The van der Waals surface area contributed by atoms with Crippen LogP contribution in [0.25, 0.3) is 0 Å². The molecule has 2 aromatic rings. The van der Waals surface area contributed by atoms with Gasteiger partial charge in [0.2, 0.25) is 5.91 Å². The summed E-state index contributed by atoms with van der Waals surface area (Å²) in [5.74, 6) is 0.237.